The van der Waals surface area contributed by atoms with Crippen LogP contribution in [-0.2, 0) is 22.3 Å². The summed E-state index contributed by atoms with van der Waals surface area (Å²) in [4.78, 5) is 21.9. The molecule has 2 N–H and O–H groups in total. The summed E-state index contributed by atoms with van der Waals surface area (Å²) >= 11 is 2.75. The lowest BCUT2D eigenvalue weighted by Crippen LogP contribution is -2.45. The Kier molecular flexibility index (Phi) is 7.29. The van der Waals surface area contributed by atoms with Crippen molar-refractivity contribution in [3.63, 3.8) is 0 Å². The van der Waals surface area contributed by atoms with Crippen LogP contribution in [0.1, 0.15) is 53.1 Å². The molecule has 12 heteroatoms. The number of sulfonamides is 1. The van der Waals surface area contributed by atoms with E-state index >= 15 is 0 Å². The highest BCUT2D eigenvalue weighted by Crippen LogP contribution is 2.34. The molecule has 1 saturated heterocycles. The number of hydrogen-bond acceptors (Lipinski definition) is 9. The first kappa shape index (κ1) is 24.0. The maximum absolute atomic E-state index is 13.1. The second kappa shape index (κ2) is 10.0. The van der Waals surface area contributed by atoms with Gasteiger partial charge in [0.15, 0.2) is 11.0 Å². The molecule has 3 aromatic rings. The summed E-state index contributed by atoms with van der Waals surface area (Å²) in [6.07, 6.45) is 2.69. The van der Waals surface area contributed by atoms with E-state index in [1.165, 1.54) is 38.3 Å². The quantitative estimate of drug-likeness (QED) is 0.485. The van der Waals surface area contributed by atoms with Gasteiger partial charge in [0, 0.05) is 36.2 Å². The zero-order valence-electron chi connectivity index (χ0n) is 18.4. The fourth-order valence-corrected chi connectivity index (χ4v) is 6.60. The number of carbonyl (C=O) groups is 1. The first-order chi connectivity index (χ1) is 15.8. The van der Waals surface area contributed by atoms with Crippen LogP contribution in [0.5, 0.6) is 0 Å². The zero-order valence-corrected chi connectivity index (χ0v) is 20.9. The molecule has 0 radical (unpaired) electrons. The van der Waals surface area contributed by atoms with E-state index in [0.717, 1.165) is 17.5 Å². The molecule has 1 aliphatic heterocycles. The van der Waals surface area contributed by atoms with E-state index in [1.54, 1.807) is 10.9 Å². The molecule has 2 unspecified atom stereocenters. The highest BCUT2D eigenvalue weighted by Gasteiger charge is 2.37. The summed E-state index contributed by atoms with van der Waals surface area (Å²) in [6, 6.07) is 7.69. The van der Waals surface area contributed by atoms with Crippen molar-refractivity contribution in [1.82, 2.24) is 24.1 Å². The Hall–Kier alpha value is -2.12. The van der Waals surface area contributed by atoms with Crippen molar-refractivity contribution in [3.05, 3.63) is 57.8 Å². The third-order valence-electron chi connectivity index (χ3n) is 5.75. The number of hydrogen-bond donors (Lipinski definition) is 1. The molecular weight excluding hydrogens is 480 g/mol. The lowest BCUT2D eigenvalue weighted by Gasteiger charge is -2.36. The number of nitrogens with zero attached hydrogens (tertiary/aromatic N) is 5. The van der Waals surface area contributed by atoms with Gasteiger partial charge in [0.1, 0.15) is 5.69 Å². The largest absolute Gasteiger partial charge is 0.326 e. The first-order valence-electron chi connectivity index (χ1n) is 10.5. The van der Waals surface area contributed by atoms with E-state index in [-0.39, 0.29) is 17.9 Å². The smallest absolute Gasteiger partial charge is 0.300 e. The highest BCUT2D eigenvalue weighted by atomic mass is 32.2. The van der Waals surface area contributed by atoms with Gasteiger partial charge in [-0.1, -0.05) is 36.0 Å². The predicted octanol–water partition coefficient (Wildman–Crippen LogP) is 2.70. The molecule has 0 aliphatic carbocycles. The molecule has 0 amide bonds. The van der Waals surface area contributed by atoms with Gasteiger partial charge in [0.05, 0.1) is 11.8 Å². The molecule has 2 atom stereocenters. The van der Waals surface area contributed by atoms with Gasteiger partial charge in [0.2, 0.25) is 10.0 Å². The van der Waals surface area contributed by atoms with Gasteiger partial charge < -0.3 is 5.73 Å². The van der Waals surface area contributed by atoms with Crippen LogP contribution in [-0.4, -0.2) is 57.2 Å². The Balaban J connectivity index is 1.63. The number of nitrogens with two attached hydrogens (primary N) is 1. The van der Waals surface area contributed by atoms with Crippen LogP contribution >= 0.6 is 23.1 Å². The summed E-state index contributed by atoms with van der Waals surface area (Å²) in [7, 11) is -3.34. The molecule has 0 spiro atoms. The van der Waals surface area contributed by atoms with Crippen LogP contribution in [0.25, 0.3) is 0 Å². The number of carbonyl (C=O) groups excluding carboxylic acids is 1. The van der Waals surface area contributed by atoms with E-state index in [0.29, 0.717) is 41.9 Å². The highest BCUT2D eigenvalue weighted by molar-refractivity contribution is 7.98. The summed E-state index contributed by atoms with van der Waals surface area (Å²) in [5, 5.41) is 6.70. The average Bonchev–Trinajstić information content (AvgIpc) is 3.47. The lowest BCUT2D eigenvalue weighted by molar-refractivity contribution is 0.0928. The van der Waals surface area contributed by atoms with Gasteiger partial charge in [-0.3, -0.25) is 4.79 Å². The average molecular weight is 507 g/mol. The van der Waals surface area contributed by atoms with E-state index in [2.05, 4.69) is 10.1 Å². The van der Waals surface area contributed by atoms with Gasteiger partial charge in [-0.05, 0) is 30.9 Å². The van der Waals surface area contributed by atoms with E-state index in [4.69, 9.17) is 10.7 Å². The molecule has 0 saturated carbocycles. The molecule has 1 fully saturated rings. The van der Waals surface area contributed by atoms with Crippen molar-refractivity contribution in [3.8, 4) is 0 Å². The third-order valence-corrected chi connectivity index (χ3v) is 8.71. The zero-order chi connectivity index (χ0) is 23.6. The number of rotatable bonds is 7. The first-order valence-corrected chi connectivity index (χ1v) is 14.3. The lowest BCUT2D eigenvalue weighted by atomic mass is 9.91. The molecule has 33 heavy (non-hydrogen) atoms. The number of benzene rings is 1. The number of aromatic nitrogens is 4. The fourth-order valence-electron chi connectivity index (χ4n) is 3.97. The number of thiazole rings is 1. The van der Waals surface area contributed by atoms with Crippen molar-refractivity contribution >= 4 is 39.0 Å². The molecule has 176 valence electrons. The van der Waals surface area contributed by atoms with Gasteiger partial charge in [0.25, 0.3) is 5.91 Å². The summed E-state index contributed by atoms with van der Waals surface area (Å²) in [5.74, 6) is 0.546. The van der Waals surface area contributed by atoms with Crippen LogP contribution in [0.15, 0.2) is 40.3 Å². The van der Waals surface area contributed by atoms with E-state index in [1.807, 2.05) is 31.2 Å². The number of piperidine rings is 1. The van der Waals surface area contributed by atoms with E-state index < -0.39 is 10.0 Å². The van der Waals surface area contributed by atoms with Crippen molar-refractivity contribution in [2.24, 2.45) is 5.73 Å². The Morgan fingerprint density at radius 2 is 2.00 bits per heavy atom. The van der Waals surface area contributed by atoms with Gasteiger partial charge in [-0.25, -0.2) is 18.4 Å². The minimum absolute atomic E-state index is 0.193. The minimum atomic E-state index is -3.34. The Labute approximate surface area is 201 Å². The second-order valence-electron chi connectivity index (χ2n) is 8.02. The molecule has 1 aliphatic rings. The van der Waals surface area contributed by atoms with Crippen molar-refractivity contribution in [2.75, 3.05) is 12.8 Å². The van der Waals surface area contributed by atoms with Crippen LogP contribution < -0.4 is 5.73 Å². The Morgan fingerprint density at radius 1 is 1.27 bits per heavy atom. The fraction of sp³-hybridized carbons (Fsp3) is 0.429. The van der Waals surface area contributed by atoms with Crippen molar-refractivity contribution in [1.29, 1.82) is 0 Å². The third kappa shape index (κ3) is 5.35. The normalized spacial score (nSPS) is 19.6. The maximum Gasteiger partial charge on any atom is 0.300 e. The van der Waals surface area contributed by atoms with Crippen LogP contribution in [0, 0.1) is 0 Å². The van der Waals surface area contributed by atoms with Crippen molar-refractivity contribution in [2.45, 2.75) is 49.2 Å². The van der Waals surface area contributed by atoms with Crippen LogP contribution in [0.3, 0.4) is 0 Å². The van der Waals surface area contributed by atoms with Crippen LogP contribution in [0.4, 0.5) is 0 Å². The number of thioether (sulfide) groups is 1. The van der Waals surface area contributed by atoms with E-state index in [9.17, 15) is 13.2 Å². The summed E-state index contributed by atoms with van der Waals surface area (Å²) in [5.41, 5.74) is 9.71. The molecule has 9 nitrogen and oxygen atoms in total. The monoisotopic (exact) mass is 506 g/mol. The van der Waals surface area contributed by atoms with Gasteiger partial charge in [-0.15, -0.1) is 16.4 Å². The molecule has 1 aromatic carbocycles. The topological polar surface area (TPSA) is 124 Å². The molecule has 2 aromatic heterocycles. The summed E-state index contributed by atoms with van der Waals surface area (Å²) < 4.78 is 27.2. The Bertz CT molecular complexity index is 1210. The SMILES string of the molecule is CC1C(c2nc(SCc3ccc(CN)cc3)n(C(=O)c3cscn3)n2)CCCN1S(C)(=O)=O. The van der Waals surface area contributed by atoms with Crippen molar-refractivity contribution < 1.29 is 13.2 Å². The molecule has 3 heterocycles. The molecular formula is C21H26N6O3S3. The standard InChI is InChI=1S/C21H26N6O3S3/c1-14-17(4-3-9-26(14)33(2,29)30)19-24-21(27(25-19)20(28)18-12-31-13-23-18)32-11-16-7-5-15(10-22)6-8-16/h5-8,12-14,17H,3-4,9-11,22H2,1-2H3. The minimum Gasteiger partial charge on any atom is -0.326 e. The second-order valence-corrected chi connectivity index (χ2v) is 11.6. The van der Waals surface area contributed by atoms with Gasteiger partial charge in [-0.2, -0.15) is 8.99 Å². The maximum atomic E-state index is 13.1. The summed E-state index contributed by atoms with van der Waals surface area (Å²) in [6.45, 7) is 2.84. The molecule has 0 bridgehead atoms. The molecule has 4 rings (SSSR count). The Morgan fingerprint density at radius 3 is 2.64 bits per heavy atom. The van der Waals surface area contributed by atoms with Crippen LogP contribution in [0.2, 0.25) is 0 Å². The van der Waals surface area contributed by atoms with Gasteiger partial charge >= 0.3 is 0 Å². The predicted molar refractivity (Wildman–Crippen MR) is 129 cm³/mol.